The van der Waals surface area contributed by atoms with Gasteiger partial charge in [0.25, 0.3) is 5.56 Å². The molecule has 130 valence electrons. The standard InChI is InChI=1S/C19H13ClNO4P/c20-12-8-9-15-16(10-12)21-19(22)18(26(23,24)25)17(15)14-7-3-5-11-4-1-2-6-13(11)14/h1-10H,(H,21,22)(H2,23,24,25). The predicted octanol–water partition coefficient (Wildman–Crippen LogP) is 3.80. The van der Waals surface area contributed by atoms with Crippen LogP contribution in [0.15, 0.2) is 65.5 Å². The lowest BCUT2D eigenvalue weighted by atomic mass is 9.95. The fourth-order valence-electron chi connectivity index (χ4n) is 3.25. The Balaban J connectivity index is 2.27. The van der Waals surface area contributed by atoms with E-state index in [9.17, 15) is 19.1 Å². The summed E-state index contributed by atoms with van der Waals surface area (Å²) in [6, 6.07) is 17.8. The summed E-state index contributed by atoms with van der Waals surface area (Å²) >= 11 is 6.02. The molecule has 1 heterocycles. The summed E-state index contributed by atoms with van der Waals surface area (Å²) < 4.78 is 12.1. The van der Waals surface area contributed by atoms with Crippen LogP contribution in [-0.4, -0.2) is 14.8 Å². The molecule has 0 fully saturated rings. The smallest absolute Gasteiger partial charge is 0.321 e. The maximum atomic E-state index is 12.5. The largest absolute Gasteiger partial charge is 0.362 e. The van der Waals surface area contributed by atoms with Crippen molar-refractivity contribution in [3.05, 3.63) is 76.0 Å². The van der Waals surface area contributed by atoms with Crippen molar-refractivity contribution in [1.29, 1.82) is 0 Å². The Morgan fingerprint density at radius 3 is 2.42 bits per heavy atom. The average Bonchev–Trinajstić information content (AvgIpc) is 2.58. The number of aromatic nitrogens is 1. The van der Waals surface area contributed by atoms with Gasteiger partial charge in [-0.2, -0.15) is 0 Å². The zero-order valence-corrected chi connectivity index (χ0v) is 15.0. The van der Waals surface area contributed by atoms with Crippen molar-refractivity contribution in [2.75, 3.05) is 0 Å². The quantitative estimate of drug-likeness (QED) is 0.458. The molecule has 4 rings (SSSR count). The van der Waals surface area contributed by atoms with Gasteiger partial charge in [0, 0.05) is 16.0 Å². The molecule has 3 aromatic carbocycles. The highest BCUT2D eigenvalue weighted by Gasteiger charge is 2.29. The third-order valence-corrected chi connectivity index (χ3v) is 5.55. The summed E-state index contributed by atoms with van der Waals surface area (Å²) in [5.74, 6) is 0. The van der Waals surface area contributed by atoms with Gasteiger partial charge in [-0.1, -0.05) is 60.1 Å². The van der Waals surface area contributed by atoms with E-state index in [1.165, 1.54) is 0 Å². The molecule has 0 saturated heterocycles. The summed E-state index contributed by atoms with van der Waals surface area (Å²) in [7, 11) is -4.83. The SMILES string of the molecule is O=c1[nH]c2cc(Cl)ccc2c(-c2cccc3ccccc23)c1P(=O)(O)O. The Labute approximate surface area is 153 Å². The van der Waals surface area contributed by atoms with Gasteiger partial charge >= 0.3 is 7.60 Å². The molecule has 0 bridgehead atoms. The Kier molecular flexibility index (Phi) is 3.98. The summed E-state index contributed by atoms with van der Waals surface area (Å²) in [5.41, 5.74) is 0.407. The van der Waals surface area contributed by atoms with Crippen molar-refractivity contribution in [3.63, 3.8) is 0 Å². The number of pyridine rings is 1. The Morgan fingerprint density at radius 2 is 1.65 bits per heavy atom. The maximum absolute atomic E-state index is 12.5. The average molecular weight is 386 g/mol. The van der Waals surface area contributed by atoms with Crippen molar-refractivity contribution < 1.29 is 14.4 Å². The number of benzene rings is 3. The first-order valence-corrected chi connectivity index (χ1v) is 9.75. The fraction of sp³-hybridized carbons (Fsp3) is 0. The summed E-state index contributed by atoms with van der Waals surface area (Å²) in [6.45, 7) is 0. The second kappa shape index (κ2) is 6.08. The van der Waals surface area contributed by atoms with Crippen LogP contribution >= 0.6 is 19.2 Å². The van der Waals surface area contributed by atoms with Crippen molar-refractivity contribution in [1.82, 2.24) is 4.98 Å². The van der Waals surface area contributed by atoms with E-state index < -0.39 is 18.5 Å². The summed E-state index contributed by atoms with van der Waals surface area (Å²) in [4.78, 5) is 34.8. The van der Waals surface area contributed by atoms with E-state index in [0.717, 1.165) is 10.8 Å². The Hall–Kier alpha value is -2.43. The zero-order valence-electron chi connectivity index (χ0n) is 13.3. The topological polar surface area (TPSA) is 90.4 Å². The molecule has 0 atom stereocenters. The predicted molar refractivity (Wildman–Crippen MR) is 104 cm³/mol. The maximum Gasteiger partial charge on any atom is 0.362 e. The molecule has 0 aliphatic rings. The third-order valence-electron chi connectivity index (χ3n) is 4.30. The third kappa shape index (κ3) is 2.75. The molecule has 0 radical (unpaired) electrons. The van der Waals surface area contributed by atoms with Gasteiger partial charge in [0.1, 0.15) is 5.30 Å². The molecule has 1 aromatic heterocycles. The van der Waals surface area contributed by atoms with E-state index in [1.54, 1.807) is 30.3 Å². The van der Waals surface area contributed by atoms with Gasteiger partial charge in [0.15, 0.2) is 0 Å². The zero-order chi connectivity index (χ0) is 18.5. The van der Waals surface area contributed by atoms with Crippen LogP contribution in [0.3, 0.4) is 0 Å². The molecule has 0 amide bonds. The van der Waals surface area contributed by atoms with Crippen molar-refractivity contribution in [3.8, 4) is 11.1 Å². The molecule has 4 aromatic rings. The molecule has 3 N–H and O–H groups in total. The van der Waals surface area contributed by atoms with E-state index in [4.69, 9.17) is 11.6 Å². The fourth-order valence-corrected chi connectivity index (χ4v) is 4.28. The van der Waals surface area contributed by atoms with Gasteiger partial charge in [0.2, 0.25) is 0 Å². The molecule has 26 heavy (non-hydrogen) atoms. The summed E-state index contributed by atoms with van der Waals surface area (Å²) in [5, 5.41) is 2.10. The van der Waals surface area contributed by atoms with Crippen LogP contribution in [0.5, 0.6) is 0 Å². The minimum atomic E-state index is -4.83. The molecule has 0 aliphatic carbocycles. The van der Waals surface area contributed by atoms with E-state index in [2.05, 4.69) is 4.98 Å². The van der Waals surface area contributed by atoms with E-state index in [1.807, 2.05) is 30.3 Å². The first-order chi connectivity index (χ1) is 12.4. The van der Waals surface area contributed by atoms with Gasteiger partial charge in [-0.15, -0.1) is 0 Å². The van der Waals surface area contributed by atoms with Gasteiger partial charge in [-0.3, -0.25) is 9.36 Å². The lowest BCUT2D eigenvalue weighted by Gasteiger charge is -2.15. The van der Waals surface area contributed by atoms with Crippen LogP contribution in [-0.2, 0) is 4.57 Å². The monoisotopic (exact) mass is 385 g/mol. The molecule has 0 spiro atoms. The molecular formula is C19H13ClNO4P. The van der Waals surface area contributed by atoms with Gasteiger partial charge in [-0.25, -0.2) is 0 Å². The Bertz CT molecular complexity index is 1270. The van der Waals surface area contributed by atoms with E-state index in [-0.39, 0.29) is 5.56 Å². The second-order valence-electron chi connectivity index (χ2n) is 5.94. The van der Waals surface area contributed by atoms with Crippen LogP contribution < -0.4 is 10.9 Å². The molecule has 0 saturated carbocycles. The second-order valence-corrected chi connectivity index (χ2v) is 7.91. The van der Waals surface area contributed by atoms with E-state index >= 15 is 0 Å². The lowest BCUT2D eigenvalue weighted by molar-refractivity contribution is 0.387. The van der Waals surface area contributed by atoms with Crippen LogP contribution in [0.4, 0.5) is 0 Å². The number of fused-ring (bicyclic) bond motifs is 2. The molecule has 0 unspecified atom stereocenters. The molecule has 5 nitrogen and oxygen atoms in total. The highest BCUT2D eigenvalue weighted by atomic mass is 35.5. The highest BCUT2D eigenvalue weighted by molar-refractivity contribution is 7.60. The van der Waals surface area contributed by atoms with Crippen molar-refractivity contribution >= 4 is 46.2 Å². The van der Waals surface area contributed by atoms with Crippen LogP contribution in [0.25, 0.3) is 32.8 Å². The number of halogens is 1. The molecular weight excluding hydrogens is 373 g/mol. The van der Waals surface area contributed by atoms with Crippen LogP contribution in [0, 0.1) is 0 Å². The molecule has 0 aliphatic heterocycles. The Morgan fingerprint density at radius 1 is 0.923 bits per heavy atom. The lowest BCUT2D eigenvalue weighted by Crippen LogP contribution is -2.29. The molecule has 7 heteroatoms. The number of aromatic amines is 1. The van der Waals surface area contributed by atoms with Crippen molar-refractivity contribution in [2.24, 2.45) is 0 Å². The van der Waals surface area contributed by atoms with Gasteiger partial charge in [-0.05, 0) is 28.5 Å². The number of hydrogen-bond donors (Lipinski definition) is 3. The number of rotatable bonds is 2. The normalized spacial score (nSPS) is 12.0. The first-order valence-electron chi connectivity index (χ1n) is 7.76. The highest BCUT2D eigenvalue weighted by Crippen LogP contribution is 2.41. The number of nitrogens with one attached hydrogen (secondary N) is 1. The minimum absolute atomic E-state index is 0.227. The van der Waals surface area contributed by atoms with Gasteiger partial charge in [0.05, 0.1) is 5.52 Å². The van der Waals surface area contributed by atoms with Crippen molar-refractivity contribution in [2.45, 2.75) is 0 Å². The first kappa shape index (κ1) is 17.0. The van der Waals surface area contributed by atoms with Gasteiger partial charge < -0.3 is 14.8 Å². The minimum Gasteiger partial charge on any atom is -0.321 e. The van der Waals surface area contributed by atoms with E-state index in [0.29, 0.717) is 21.5 Å². The number of H-pyrrole nitrogens is 1. The number of hydrogen-bond acceptors (Lipinski definition) is 2. The van der Waals surface area contributed by atoms with Crippen LogP contribution in [0.2, 0.25) is 5.02 Å². The van der Waals surface area contributed by atoms with Crippen LogP contribution in [0.1, 0.15) is 0 Å². The summed E-state index contributed by atoms with van der Waals surface area (Å²) in [6.07, 6.45) is 0.